The average molecular weight is 324 g/mol. The van der Waals surface area contributed by atoms with Crippen LogP contribution in [0.4, 0.5) is 0 Å². The predicted octanol–water partition coefficient (Wildman–Crippen LogP) is 3.40. The van der Waals surface area contributed by atoms with Gasteiger partial charge in [0.25, 0.3) is 0 Å². The van der Waals surface area contributed by atoms with Crippen molar-refractivity contribution in [2.24, 2.45) is 0 Å². The van der Waals surface area contributed by atoms with Gasteiger partial charge in [0.1, 0.15) is 0 Å². The summed E-state index contributed by atoms with van der Waals surface area (Å²) in [5.74, 6) is 0. The van der Waals surface area contributed by atoms with Crippen LogP contribution in [0.25, 0.3) is 0 Å². The van der Waals surface area contributed by atoms with Crippen LogP contribution in [0.1, 0.15) is 24.0 Å². The first-order chi connectivity index (χ1) is 7.36. The summed E-state index contributed by atoms with van der Waals surface area (Å²) in [6, 6.07) is 5.83. The lowest BCUT2D eigenvalue weighted by atomic mass is 10.0. The lowest BCUT2D eigenvalue weighted by Crippen LogP contribution is -2.21. The molecule has 1 saturated carbocycles. The highest BCUT2D eigenvalue weighted by molar-refractivity contribution is 9.10. The second-order valence-electron chi connectivity index (χ2n) is 4.32. The lowest BCUT2D eigenvalue weighted by molar-refractivity contribution is 0.590. The second-order valence-corrected chi connectivity index (χ2v) is 8.14. The maximum Gasteiger partial charge on any atom is 0.238 e. The van der Waals surface area contributed by atoms with E-state index in [4.69, 9.17) is 10.7 Å². The van der Waals surface area contributed by atoms with Crippen LogP contribution in [-0.4, -0.2) is 13.2 Å². The molecule has 1 aliphatic rings. The van der Waals surface area contributed by atoms with Crippen LogP contribution in [-0.2, 0) is 15.5 Å². The molecule has 0 radical (unpaired) electrons. The average Bonchev–Trinajstić information content (AvgIpc) is 2.93. The Morgan fingerprint density at radius 3 is 2.56 bits per heavy atom. The topological polar surface area (TPSA) is 34.1 Å². The van der Waals surface area contributed by atoms with Crippen LogP contribution in [0.15, 0.2) is 22.7 Å². The minimum atomic E-state index is -3.46. The van der Waals surface area contributed by atoms with Gasteiger partial charge >= 0.3 is 0 Å². The van der Waals surface area contributed by atoms with Crippen molar-refractivity contribution in [3.8, 4) is 0 Å². The molecule has 2 rings (SSSR count). The molecule has 16 heavy (non-hydrogen) atoms. The van der Waals surface area contributed by atoms with Crippen LogP contribution in [0, 0.1) is 6.92 Å². The molecule has 0 saturated heterocycles. The normalized spacial score (nSPS) is 18.4. The SMILES string of the molecule is Cc1c(Br)cccc1CC1(S(=O)(=O)Cl)CC1. The van der Waals surface area contributed by atoms with E-state index in [9.17, 15) is 8.42 Å². The second kappa shape index (κ2) is 4.00. The maximum absolute atomic E-state index is 11.5. The first kappa shape index (κ1) is 12.4. The van der Waals surface area contributed by atoms with Crippen LogP contribution >= 0.6 is 26.6 Å². The highest BCUT2D eigenvalue weighted by atomic mass is 79.9. The fraction of sp³-hybridized carbons (Fsp3) is 0.455. The van der Waals surface area contributed by atoms with Gasteiger partial charge in [0.2, 0.25) is 9.05 Å². The number of benzene rings is 1. The quantitative estimate of drug-likeness (QED) is 0.799. The molecule has 0 unspecified atom stereocenters. The molecule has 1 aromatic rings. The number of halogens is 2. The van der Waals surface area contributed by atoms with Gasteiger partial charge in [-0.1, -0.05) is 28.1 Å². The van der Waals surface area contributed by atoms with Crippen LogP contribution < -0.4 is 0 Å². The molecular weight excluding hydrogens is 312 g/mol. The molecule has 0 bridgehead atoms. The van der Waals surface area contributed by atoms with Gasteiger partial charge < -0.3 is 0 Å². The van der Waals surface area contributed by atoms with Gasteiger partial charge in [-0.2, -0.15) is 0 Å². The molecule has 5 heteroatoms. The molecule has 0 atom stereocenters. The van der Waals surface area contributed by atoms with Crippen molar-refractivity contribution in [2.75, 3.05) is 0 Å². The van der Waals surface area contributed by atoms with Gasteiger partial charge in [0.05, 0.1) is 4.75 Å². The standard InChI is InChI=1S/C11H12BrClO2S/c1-8-9(3-2-4-10(8)12)7-11(5-6-11)16(13,14)15/h2-4H,5-7H2,1H3. The molecule has 1 aromatic carbocycles. The number of rotatable bonds is 3. The number of hydrogen-bond acceptors (Lipinski definition) is 2. The van der Waals surface area contributed by atoms with E-state index in [1.165, 1.54) is 0 Å². The Balaban J connectivity index is 2.33. The summed E-state index contributed by atoms with van der Waals surface area (Å²) in [4.78, 5) is 0. The van der Waals surface area contributed by atoms with E-state index in [1.54, 1.807) is 0 Å². The van der Waals surface area contributed by atoms with Crippen molar-refractivity contribution in [1.29, 1.82) is 0 Å². The molecule has 2 nitrogen and oxygen atoms in total. The zero-order valence-corrected chi connectivity index (χ0v) is 12.0. The van der Waals surface area contributed by atoms with Crippen molar-refractivity contribution in [3.05, 3.63) is 33.8 Å². The lowest BCUT2D eigenvalue weighted by Gasteiger charge is -2.14. The summed E-state index contributed by atoms with van der Waals surface area (Å²) in [7, 11) is 2.03. The molecule has 0 N–H and O–H groups in total. The van der Waals surface area contributed by atoms with Gasteiger partial charge in [-0.15, -0.1) is 0 Å². The molecule has 88 valence electrons. The van der Waals surface area contributed by atoms with E-state index in [-0.39, 0.29) is 0 Å². The largest absolute Gasteiger partial charge is 0.238 e. The van der Waals surface area contributed by atoms with E-state index in [0.717, 1.165) is 15.6 Å². The van der Waals surface area contributed by atoms with E-state index >= 15 is 0 Å². The molecule has 0 spiro atoms. The smallest absolute Gasteiger partial charge is 0.212 e. The highest BCUT2D eigenvalue weighted by Crippen LogP contribution is 2.48. The Bertz CT molecular complexity index is 521. The summed E-state index contributed by atoms with van der Waals surface area (Å²) in [5.41, 5.74) is 2.14. The van der Waals surface area contributed by atoms with E-state index < -0.39 is 13.8 Å². The molecule has 0 amide bonds. The van der Waals surface area contributed by atoms with Gasteiger partial charge in [0, 0.05) is 15.2 Å². The highest BCUT2D eigenvalue weighted by Gasteiger charge is 2.53. The third-order valence-corrected chi connectivity index (χ3v) is 6.65. The predicted molar refractivity (Wildman–Crippen MR) is 69.3 cm³/mol. The van der Waals surface area contributed by atoms with Crippen LogP contribution in [0.3, 0.4) is 0 Å². The summed E-state index contributed by atoms with van der Waals surface area (Å²) in [5, 5.41) is 0. The summed E-state index contributed by atoms with van der Waals surface area (Å²) < 4.78 is 23.2. The molecule has 0 aliphatic heterocycles. The van der Waals surface area contributed by atoms with Gasteiger partial charge in [-0.3, -0.25) is 0 Å². The molecule has 1 aliphatic carbocycles. The summed E-state index contributed by atoms with van der Waals surface area (Å²) in [6.07, 6.45) is 1.86. The van der Waals surface area contributed by atoms with Gasteiger partial charge in [-0.05, 0) is 43.4 Å². The minimum Gasteiger partial charge on any atom is -0.212 e. The van der Waals surface area contributed by atoms with Gasteiger partial charge in [0.15, 0.2) is 0 Å². The van der Waals surface area contributed by atoms with Crippen LogP contribution in [0.2, 0.25) is 0 Å². The van der Waals surface area contributed by atoms with Gasteiger partial charge in [-0.25, -0.2) is 8.42 Å². The Morgan fingerprint density at radius 2 is 2.06 bits per heavy atom. The minimum absolute atomic E-state index is 0.518. The maximum atomic E-state index is 11.5. The first-order valence-electron chi connectivity index (χ1n) is 5.04. The molecule has 0 heterocycles. The fourth-order valence-corrected chi connectivity index (χ4v) is 3.79. The van der Waals surface area contributed by atoms with Crippen LogP contribution in [0.5, 0.6) is 0 Å². The third-order valence-electron chi connectivity index (χ3n) is 3.22. The first-order valence-corrected chi connectivity index (χ1v) is 8.14. The summed E-state index contributed by atoms with van der Waals surface area (Å²) >= 11 is 3.44. The Morgan fingerprint density at radius 1 is 1.44 bits per heavy atom. The zero-order valence-electron chi connectivity index (χ0n) is 8.83. The van der Waals surface area contributed by atoms with E-state index in [1.807, 2.05) is 25.1 Å². The Labute approximate surface area is 109 Å². The Hall–Kier alpha value is -0.0600. The third kappa shape index (κ3) is 2.15. The molecule has 0 aromatic heterocycles. The van der Waals surface area contributed by atoms with Crippen molar-refractivity contribution in [3.63, 3.8) is 0 Å². The van der Waals surface area contributed by atoms with E-state index in [0.29, 0.717) is 19.3 Å². The fourth-order valence-electron chi connectivity index (χ4n) is 1.84. The van der Waals surface area contributed by atoms with Crippen molar-refractivity contribution >= 4 is 35.7 Å². The molecular formula is C11H12BrClO2S. The van der Waals surface area contributed by atoms with E-state index in [2.05, 4.69) is 15.9 Å². The number of hydrogen-bond donors (Lipinski definition) is 0. The van der Waals surface area contributed by atoms with Crippen molar-refractivity contribution in [2.45, 2.75) is 30.9 Å². The molecule has 1 fully saturated rings. The van der Waals surface area contributed by atoms with Crippen molar-refractivity contribution in [1.82, 2.24) is 0 Å². The summed E-state index contributed by atoms with van der Waals surface area (Å²) in [6.45, 7) is 1.98. The monoisotopic (exact) mass is 322 g/mol. The van der Waals surface area contributed by atoms with Crippen molar-refractivity contribution < 1.29 is 8.42 Å². The zero-order chi connectivity index (χ0) is 12.0. The Kier molecular flexibility index (Phi) is 3.10.